The van der Waals surface area contributed by atoms with Crippen molar-refractivity contribution in [2.45, 2.75) is 64.2 Å². The zero-order valence-corrected chi connectivity index (χ0v) is 34.4. The summed E-state index contributed by atoms with van der Waals surface area (Å²) in [5.41, 5.74) is 15.9. The van der Waals surface area contributed by atoms with Gasteiger partial charge in [0.15, 0.2) is 0 Å². The minimum Gasteiger partial charge on any atom is -0.457 e. The van der Waals surface area contributed by atoms with E-state index < -0.39 is 0 Å². The van der Waals surface area contributed by atoms with E-state index in [9.17, 15) is 0 Å². The summed E-state index contributed by atoms with van der Waals surface area (Å²) >= 11 is 0. The highest BCUT2D eigenvalue weighted by molar-refractivity contribution is 5.64. The highest BCUT2D eigenvalue weighted by atomic mass is 16.5. The molecular weight excluding hydrogens is 713 g/mol. The molecule has 2 unspecified atom stereocenters. The van der Waals surface area contributed by atoms with Crippen LogP contribution < -0.4 is 4.74 Å². The quantitative estimate of drug-likeness (QED) is 0.0952. The Bertz CT molecular complexity index is 2490. The summed E-state index contributed by atoms with van der Waals surface area (Å²) in [4.78, 5) is 0. The molecule has 0 radical (unpaired) electrons. The molecule has 0 bridgehead atoms. The molecule has 0 aliphatic carbocycles. The first-order valence-electron chi connectivity index (χ1n) is 21.3. The van der Waals surface area contributed by atoms with Crippen molar-refractivity contribution in [1.82, 2.24) is 0 Å². The number of unbranched alkanes of at least 4 members (excludes halogenated alkanes) is 1. The molecule has 0 aliphatic heterocycles. The van der Waals surface area contributed by atoms with Crippen LogP contribution in [-0.4, -0.2) is 0 Å². The average molecular weight is 767 g/mol. The van der Waals surface area contributed by atoms with Crippen molar-refractivity contribution in [2.24, 2.45) is 0 Å². The van der Waals surface area contributed by atoms with Crippen molar-refractivity contribution in [2.75, 3.05) is 0 Å². The maximum atomic E-state index is 6.24. The number of para-hydroxylation sites is 1. The number of rotatable bonds is 16. The van der Waals surface area contributed by atoms with Gasteiger partial charge in [-0.3, -0.25) is 0 Å². The van der Waals surface area contributed by atoms with Crippen LogP contribution in [0, 0.1) is 6.92 Å². The lowest BCUT2D eigenvalue weighted by Gasteiger charge is -2.31. The van der Waals surface area contributed by atoms with Crippen LogP contribution in [-0.2, 0) is 25.7 Å². The smallest absolute Gasteiger partial charge is 0.127 e. The monoisotopic (exact) mass is 766 g/mol. The number of benzene rings is 8. The Morgan fingerprint density at radius 2 is 0.966 bits per heavy atom. The van der Waals surface area contributed by atoms with E-state index in [1.165, 1.54) is 79.6 Å². The van der Waals surface area contributed by atoms with Crippen molar-refractivity contribution in [3.05, 3.63) is 262 Å². The second-order valence-corrected chi connectivity index (χ2v) is 16.0. The molecule has 0 heterocycles. The molecule has 1 heteroatoms. The van der Waals surface area contributed by atoms with Gasteiger partial charge in [0.2, 0.25) is 0 Å². The molecule has 8 aromatic carbocycles. The van der Waals surface area contributed by atoms with Crippen LogP contribution in [0.25, 0.3) is 11.1 Å². The van der Waals surface area contributed by atoms with Crippen molar-refractivity contribution in [1.29, 1.82) is 0 Å². The van der Waals surface area contributed by atoms with Gasteiger partial charge >= 0.3 is 0 Å². The van der Waals surface area contributed by atoms with Crippen molar-refractivity contribution < 1.29 is 4.74 Å². The normalized spacial score (nSPS) is 12.2. The molecule has 0 fully saturated rings. The molecule has 0 aromatic heterocycles. The molecule has 0 amide bonds. The van der Waals surface area contributed by atoms with Gasteiger partial charge in [0, 0.05) is 5.92 Å². The topological polar surface area (TPSA) is 9.23 Å². The van der Waals surface area contributed by atoms with Gasteiger partial charge in [-0.25, -0.2) is 0 Å². The van der Waals surface area contributed by atoms with Crippen molar-refractivity contribution in [3.8, 4) is 22.6 Å². The zero-order chi connectivity index (χ0) is 40.2. The Morgan fingerprint density at radius 3 is 1.63 bits per heavy atom. The number of hydrogen-bond acceptors (Lipinski definition) is 1. The summed E-state index contributed by atoms with van der Waals surface area (Å²) in [6.45, 7) is 4.41. The largest absolute Gasteiger partial charge is 0.457 e. The Balaban J connectivity index is 1.22. The molecule has 292 valence electrons. The van der Waals surface area contributed by atoms with Gasteiger partial charge < -0.3 is 4.74 Å². The molecule has 0 saturated carbocycles. The maximum Gasteiger partial charge on any atom is 0.127 e. The first-order valence-corrected chi connectivity index (χ1v) is 21.3. The summed E-state index contributed by atoms with van der Waals surface area (Å²) < 4.78 is 6.24. The predicted molar refractivity (Wildman–Crippen MR) is 248 cm³/mol. The lowest BCUT2D eigenvalue weighted by atomic mass is 9.72. The Morgan fingerprint density at radius 1 is 0.441 bits per heavy atom. The number of hydrogen-bond donors (Lipinski definition) is 0. The van der Waals surface area contributed by atoms with E-state index in [-0.39, 0.29) is 11.8 Å². The molecule has 8 rings (SSSR count). The molecule has 0 spiro atoms. The zero-order valence-electron chi connectivity index (χ0n) is 34.4. The van der Waals surface area contributed by atoms with Crippen LogP contribution in [0.1, 0.15) is 87.2 Å². The van der Waals surface area contributed by atoms with Crippen LogP contribution in [0.4, 0.5) is 0 Å². The van der Waals surface area contributed by atoms with Crippen molar-refractivity contribution in [3.63, 3.8) is 0 Å². The van der Waals surface area contributed by atoms with Crippen molar-refractivity contribution >= 4 is 0 Å². The molecule has 1 nitrogen and oxygen atoms in total. The molecular formula is C58H54O. The highest BCUT2D eigenvalue weighted by Crippen LogP contribution is 2.43. The van der Waals surface area contributed by atoms with Crippen LogP contribution in [0.3, 0.4) is 0 Å². The third-order valence-corrected chi connectivity index (χ3v) is 11.7. The van der Waals surface area contributed by atoms with Gasteiger partial charge in [-0.1, -0.05) is 201 Å². The van der Waals surface area contributed by atoms with Gasteiger partial charge in [-0.2, -0.15) is 0 Å². The third-order valence-electron chi connectivity index (χ3n) is 11.7. The van der Waals surface area contributed by atoms with Gasteiger partial charge in [-0.15, -0.1) is 0 Å². The fraction of sp³-hybridized carbons (Fsp3) is 0.172. The van der Waals surface area contributed by atoms with E-state index in [2.05, 4.69) is 190 Å². The van der Waals surface area contributed by atoms with E-state index >= 15 is 0 Å². The van der Waals surface area contributed by atoms with E-state index in [1.54, 1.807) is 0 Å². The van der Waals surface area contributed by atoms with Crippen LogP contribution in [0.2, 0.25) is 0 Å². The minimum absolute atomic E-state index is 0.138. The summed E-state index contributed by atoms with van der Waals surface area (Å²) in [6.07, 6.45) is 6.14. The fourth-order valence-electron chi connectivity index (χ4n) is 8.47. The Labute approximate surface area is 352 Å². The highest BCUT2D eigenvalue weighted by Gasteiger charge is 2.29. The predicted octanol–water partition coefficient (Wildman–Crippen LogP) is 15.1. The molecule has 59 heavy (non-hydrogen) atoms. The molecule has 2 atom stereocenters. The van der Waals surface area contributed by atoms with Crippen LogP contribution >= 0.6 is 0 Å². The standard InChI is InChI=1S/C58H54O/c1-3-4-14-44-23-34-52(35-24-44)58(51-17-10-6-11-18-51)57(42-47-27-36-55(37-28-47)59-54-19-12-7-13-20-54)56-38-29-48(39-45-15-8-5-9-16-45)41-53(56)40-46-25-32-50(33-26-46)49-30-21-43(2)22-31-49/h5-13,15-38,41,57-58H,3-4,14,39-40,42H2,1-2H3. The van der Waals surface area contributed by atoms with Gasteiger partial charge in [0.05, 0.1) is 0 Å². The van der Waals surface area contributed by atoms with Crippen LogP contribution in [0.15, 0.2) is 206 Å². The van der Waals surface area contributed by atoms with Crippen LogP contribution in [0.5, 0.6) is 11.5 Å². The third kappa shape index (κ3) is 10.4. The van der Waals surface area contributed by atoms with E-state index in [0.29, 0.717) is 0 Å². The lowest BCUT2D eigenvalue weighted by molar-refractivity contribution is 0.482. The first kappa shape index (κ1) is 39.4. The maximum absolute atomic E-state index is 6.24. The second kappa shape index (κ2) is 19.3. The molecule has 8 aromatic rings. The van der Waals surface area contributed by atoms with E-state index in [0.717, 1.165) is 37.2 Å². The molecule has 0 saturated heterocycles. The van der Waals surface area contributed by atoms with Gasteiger partial charge in [0.25, 0.3) is 0 Å². The summed E-state index contributed by atoms with van der Waals surface area (Å²) in [7, 11) is 0. The minimum atomic E-state index is 0.138. The number of aryl methyl sites for hydroxylation is 2. The first-order chi connectivity index (χ1) is 29.1. The molecule has 0 aliphatic rings. The summed E-state index contributed by atoms with van der Waals surface area (Å²) in [5.74, 6) is 1.99. The molecule has 0 N–H and O–H groups in total. The summed E-state index contributed by atoms with van der Waals surface area (Å²) in [6, 6.07) is 75.8. The van der Waals surface area contributed by atoms with Gasteiger partial charge in [-0.05, 0) is 130 Å². The van der Waals surface area contributed by atoms with Gasteiger partial charge in [0.1, 0.15) is 11.5 Å². The van der Waals surface area contributed by atoms with E-state index in [4.69, 9.17) is 4.74 Å². The Hall–Kier alpha value is -6.44. The summed E-state index contributed by atoms with van der Waals surface area (Å²) in [5, 5.41) is 0. The SMILES string of the molecule is CCCCc1ccc(C(c2ccccc2)C(Cc2ccc(Oc3ccccc3)cc2)c2ccc(Cc3ccccc3)cc2Cc2ccc(-c3ccc(C)cc3)cc2)cc1. The average Bonchev–Trinajstić information content (AvgIpc) is 3.28. The lowest BCUT2D eigenvalue weighted by Crippen LogP contribution is -2.18. The second-order valence-electron chi connectivity index (χ2n) is 16.0. The number of ether oxygens (including phenoxy) is 1. The van der Waals surface area contributed by atoms with E-state index in [1.807, 2.05) is 30.3 Å². The fourth-order valence-corrected chi connectivity index (χ4v) is 8.47. The Kier molecular flexibility index (Phi) is 12.9.